The molecule has 94 heavy (non-hydrogen) atoms. The second-order valence-electron chi connectivity index (χ2n) is 26.3. The van der Waals surface area contributed by atoms with Crippen molar-refractivity contribution in [3.8, 4) is 0 Å². The van der Waals surface area contributed by atoms with Crippen LogP contribution in [0.2, 0.25) is 0 Å². The van der Waals surface area contributed by atoms with Crippen LogP contribution in [0.3, 0.4) is 0 Å². The number of phosphoric acid groups is 1. The lowest BCUT2D eigenvalue weighted by molar-refractivity contribution is -0.360. The molecule has 0 bridgehead atoms. The van der Waals surface area contributed by atoms with Crippen LogP contribution < -0.4 is 0 Å². The second-order valence-corrected chi connectivity index (χ2v) is 27.7. The topological polar surface area (TPSA) is 374 Å². The van der Waals surface area contributed by atoms with Crippen molar-refractivity contribution in [1.29, 1.82) is 0 Å². The summed E-state index contributed by atoms with van der Waals surface area (Å²) in [5, 5.41) is 110. The lowest BCUT2D eigenvalue weighted by Gasteiger charge is -2.49. The molecule has 24 nitrogen and oxygen atoms in total. The van der Waals surface area contributed by atoms with E-state index in [2.05, 4.69) is 32.9 Å². The minimum absolute atomic E-state index is 0.00956. The number of unbranched alkanes of at least 4 members (excludes halogenated alkanes) is 33. The summed E-state index contributed by atoms with van der Waals surface area (Å²) in [7, 11) is -5.69. The van der Waals surface area contributed by atoms with E-state index in [0.29, 0.717) is 19.3 Å². The Morgan fingerprint density at radius 1 is 0.404 bits per heavy atom. The predicted molar refractivity (Wildman–Crippen MR) is 352 cm³/mol. The smallest absolute Gasteiger partial charge is 0.463 e. The molecule has 18 unspecified atom stereocenters. The van der Waals surface area contributed by atoms with E-state index in [9.17, 15) is 74.9 Å². The maximum Gasteiger partial charge on any atom is 0.472 e. The van der Waals surface area contributed by atoms with Crippen LogP contribution in [0.4, 0.5) is 0 Å². The van der Waals surface area contributed by atoms with E-state index in [-0.39, 0.29) is 19.3 Å². The van der Waals surface area contributed by atoms with Crippen LogP contribution in [-0.2, 0) is 61.2 Å². The van der Waals surface area contributed by atoms with Gasteiger partial charge >= 0.3 is 25.7 Å². The van der Waals surface area contributed by atoms with Gasteiger partial charge in [-0.3, -0.25) is 23.4 Å². The molecule has 3 rings (SSSR count). The van der Waals surface area contributed by atoms with E-state index in [0.717, 1.165) is 96.3 Å². The van der Waals surface area contributed by atoms with Gasteiger partial charge in [-0.25, -0.2) is 4.57 Å². The van der Waals surface area contributed by atoms with Gasteiger partial charge < -0.3 is 89.1 Å². The Hall–Kier alpha value is -2.30. The number of aliphatic hydroxyl groups excluding tert-OH is 10. The van der Waals surface area contributed by atoms with Crippen LogP contribution in [0.25, 0.3) is 0 Å². The number of phosphoric ester groups is 1. The highest BCUT2D eigenvalue weighted by atomic mass is 31.2. The van der Waals surface area contributed by atoms with Crippen LogP contribution in [-0.4, -0.2) is 204 Å². The second kappa shape index (κ2) is 51.8. The Balaban J connectivity index is 1.75. The van der Waals surface area contributed by atoms with Gasteiger partial charge in [0.05, 0.1) is 13.2 Å². The number of rotatable bonds is 56. The van der Waals surface area contributed by atoms with Crippen molar-refractivity contribution in [1.82, 2.24) is 0 Å². The molecule has 2 saturated heterocycles. The average Bonchev–Trinajstić information content (AvgIpc) is 0.788. The first kappa shape index (κ1) is 85.9. The van der Waals surface area contributed by atoms with Gasteiger partial charge in [0.2, 0.25) is 0 Å². The third kappa shape index (κ3) is 35.1. The molecule has 0 spiro atoms. The number of aliphatic hydroxyl groups is 10. The molecule has 11 N–H and O–H groups in total. The maximum atomic E-state index is 14.3. The number of carbonyl (C=O) groups excluding carboxylic acids is 3. The fraction of sp³-hybridized carbons (Fsp3) is 0.928. The van der Waals surface area contributed by atoms with Crippen molar-refractivity contribution in [2.24, 2.45) is 0 Å². The quantitative estimate of drug-likeness (QED) is 0.00888. The number of esters is 3. The summed E-state index contributed by atoms with van der Waals surface area (Å²) < 4.78 is 64.9. The summed E-state index contributed by atoms with van der Waals surface area (Å²) in [6.45, 7) is 3.41. The molecule has 0 aromatic heterocycles. The summed E-state index contributed by atoms with van der Waals surface area (Å²) in [5.41, 5.74) is 0. The molecule has 0 aromatic rings. The number of hydrogen-bond donors (Lipinski definition) is 11. The third-order valence-electron chi connectivity index (χ3n) is 18.0. The van der Waals surface area contributed by atoms with E-state index >= 15 is 0 Å². The van der Waals surface area contributed by atoms with Gasteiger partial charge in [-0.2, -0.15) is 0 Å². The monoisotopic (exact) mass is 1370 g/mol. The van der Waals surface area contributed by atoms with Crippen molar-refractivity contribution < 1.29 is 117 Å². The molecular weight excluding hydrogens is 1240 g/mol. The summed E-state index contributed by atoms with van der Waals surface area (Å²) in [6, 6.07) is 0. The van der Waals surface area contributed by atoms with Crippen LogP contribution in [0.1, 0.15) is 278 Å². The van der Waals surface area contributed by atoms with Gasteiger partial charge in [-0.05, 0) is 44.9 Å². The molecule has 3 fully saturated rings. The minimum Gasteiger partial charge on any atom is -0.463 e. The molecule has 2 heterocycles. The molecular formula is C69H127O24P. The zero-order valence-electron chi connectivity index (χ0n) is 57.3. The van der Waals surface area contributed by atoms with Gasteiger partial charge in [0, 0.05) is 19.3 Å². The van der Waals surface area contributed by atoms with Gasteiger partial charge in [-0.15, -0.1) is 0 Å². The zero-order valence-corrected chi connectivity index (χ0v) is 58.2. The van der Waals surface area contributed by atoms with Crippen molar-refractivity contribution in [3.63, 3.8) is 0 Å². The normalized spacial score (nSPS) is 28.3. The van der Waals surface area contributed by atoms with E-state index in [1.807, 2.05) is 0 Å². The SMILES string of the molecule is CCCCCCCCC/C=C\CCCCCC(=O)OCC1OC(OC2C(O)C(O)C(O)C(OC3OC(CO)C(O)C(O)C3O)C2OP(=O)(O)OCC(COC(=O)CCCCCCCCCCCCCC)OC(=O)CCCCCCCCCCCCCCC)C(O)C(O)C1O. The van der Waals surface area contributed by atoms with Crippen molar-refractivity contribution in [2.45, 2.75) is 382 Å². The van der Waals surface area contributed by atoms with E-state index < -0.39 is 156 Å². The Bertz CT molecular complexity index is 2010. The molecule has 3 aliphatic rings. The van der Waals surface area contributed by atoms with Gasteiger partial charge in [0.25, 0.3) is 0 Å². The Kier molecular flexibility index (Phi) is 47.3. The van der Waals surface area contributed by atoms with E-state index in [1.54, 1.807) is 0 Å². The van der Waals surface area contributed by atoms with Gasteiger partial charge in [0.1, 0.15) is 98.7 Å². The molecule has 25 heteroatoms. The molecule has 0 aromatic carbocycles. The highest BCUT2D eigenvalue weighted by molar-refractivity contribution is 7.47. The van der Waals surface area contributed by atoms with Crippen molar-refractivity contribution >= 4 is 25.7 Å². The Morgan fingerprint density at radius 2 is 0.745 bits per heavy atom. The summed E-state index contributed by atoms with van der Waals surface area (Å²) in [5.74, 6) is -2.00. The number of hydrogen-bond acceptors (Lipinski definition) is 23. The first-order valence-corrected chi connectivity index (χ1v) is 38.0. The Labute approximate surface area is 561 Å². The fourth-order valence-corrected chi connectivity index (χ4v) is 13.0. The molecule has 18 atom stereocenters. The highest BCUT2D eigenvalue weighted by Gasteiger charge is 2.58. The van der Waals surface area contributed by atoms with E-state index in [4.69, 9.17) is 42.2 Å². The van der Waals surface area contributed by atoms with Crippen LogP contribution in [0.5, 0.6) is 0 Å². The molecule has 1 aliphatic carbocycles. The lowest BCUT2D eigenvalue weighted by Crippen LogP contribution is -2.69. The van der Waals surface area contributed by atoms with Crippen molar-refractivity contribution in [2.75, 3.05) is 26.4 Å². The van der Waals surface area contributed by atoms with E-state index in [1.165, 1.54) is 122 Å². The minimum atomic E-state index is -5.69. The van der Waals surface area contributed by atoms with Gasteiger partial charge in [0.15, 0.2) is 18.7 Å². The van der Waals surface area contributed by atoms with Crippen LogP contribution >= 0.6 is 7.82 Å². The van der Waals surface area contributed by atoms with Crippen LogP contribution in [0.15, 0.2) is 12.2 Å². The average molecular weight is 1370 g/mol. The number of ether oxygens (including phenoxy) is 7. The molecule has 0 radical (unpaired) electrons. The molecule has 2 aliphatic heterocycles. The Morgan fingerprint density at radius 3 is 1.16 bits per heavy atom. The van der Waals surface area contributed by atoms with Crippen LogP contribution in [0, 0.1) is 0 Å². The molecule has 0 amide bonds. The van der Waals surface area contributed by atoms with Gasteiger partial charge in [-0.1, -0.05) is 226 Å². The maximum absolute atomic E-state index is 14.3. The summed E-state index contributed by atoms with van der Waals surface area (Å²) in [4.78, 5) is 50.8. The highest BCUT2D eigenvalue weighted by Crippen LogP contribution is 2.49. The lowest BCUT2D eigenvalue weighted by atomic mass is 9.84. The summed E-state index contributed by atoms with van der Waals surface area (Å²) in [6.07, 6.45) is 8.70. The third-order valence-corrected chi connectivity index (χ3v) is 19.0. The molecule has 552 valence electrons. The predicted octanol–water partition coefficient (Wildman–Crippen LogP) is 9.18. The molecule has 1 saturated carbocycles. The fourth-order valence-electron chi connectivity index (χ4n) is 12.0. The number of carbonyl (C=O) groups is 3. The summed E-state index contributed by atoms with van der Waals surface area (Å²) >= 11 is 0. The number of allylic oxidation sites excluding steroid dienone is 2. The standard InChI is InChI=1S/C69H127O24P/c1-4-7-10-13-16-19-22-25-27-29-32-35-38-41-44-54(72)86-49-52-57(75)59(77)64(82)69(90-52)92-66-62(80)60(78)61(79)65(91-68-63(81)58(76)56(74)51(46-70)89-68)67(66)93-94(83,84)87-48-50(47-85-53(71)43-40-37-34-31-28-24-21-18-15-12-9-6-3)88-55(73)45-42-39-36-33-30-26-23-20-17-14-11-8-5-2/h27,29,50-52,56-70,74-82H,4-26,28,30-49H2,1-3H3,(H,83,84)/b29-27-. The zero-order chi connectivity index (χ0) is 68.9. The first-order chi connectivity index (χ1) is 45.3. The first-order valence-electron chi connectivity index (χ1n) is 36.5. The largest absolute Gasteiger partial charge is 0.472 e. The van der Waals surface area contributed by atoms with Crippen molar-refractivity contribution in [3.05, 3.63) is 12.2 Å².